The molecule has 1 heterocycles. The topological polar surface area (TPSA) is 38.5 Å². The highest BCUT2D eigenvalue weighted by Gasteiger charge is 2.14. The Bertz CT molecular complexity index is 317. The lowest BCUT2D eigenvalue weighted by Gasteiger charge is -2.29. The fourth-order valence-corrected chi connectivity index (χ4v) is 2.10. The second kappa shape index (κ2) is 5.32. The van der Waals surface area contributed by atoms with Gasteiger partial charge in [0.2, 0.25) is 0 Å². The normalized spacial score (nSPS) is 19.6. The molecular weight excluding hydrogens is 200 g/mol. The minimum Gasteiger partial charge on any atom is -0.399 e. The van der Waals surface area contributed by atoms with Crippen molar-refractivity contribution in [2.45, 2.75) is 12.8 Å². The molecule has 3 heteroatoms. The van der Waals surface area contributed by atoms with Crippen LogP contribution < -0.4 is 5.73 Å². The van der Waals surface area contributed by atoms with E-state index < -0.39 is 0 Å². The van der Waals surface area contributed by atoms with Crippen LogP contribution in [0.4, 0.5) is 5.69 Å². The van der Waals surface area contributed by atoms with Crippen LogP contribution in [-0.2, 0) is 4.74 Å². The van der Waals surface area contributed by atoms with Crippen LogP contribution in [0.1, 0.15) is 18.4 Å². The van der Waals surface area contributed by atoms with Crippen LogP contribution in [0.15, 0.2) is 24.3 Å². The van der Waals surface area contributed by atoms with Crippen LogP contribution in [0.3, 0.4) is 0 Å². The Labute approximate surface area is 97.2 Å². The number of hydrogen-bond acceptors (Lipinski definition) is 3. The van der Waals surface area contributed by atoms with Crippen LogP contribution in [0, 0.1) is 0 Å². The molecule has 1 aromatic carbocycles. The van der Waals surface area contributed by atoms with Gasteiger partial charge in [-0.3, -0.25) is 4.90 Å². The Balaban J connectivity index is 1.91. The maximum Gasteiger partial charge on any atom is 0.0594 e. The second-order valence-corrected chi connectivity index (χ2v) is 4.48. The molecule has 1 unspecified atom stereocenters. The van der Waals surface area contributed by atoms with E-state index in [2.05, 4.69) is 24.0 Å². The molecule has 0 aliphatic carbocycles. The summed E-state index contributed by atoms with van der Waals surface area (Å²) in [7, 11) is 0. The maximum atomic E-state index is 5.68. The molecule has 3 nitrogen and oxygen atoms in total. The van der Waals surface area contributed by atoms with Crippen molar-refractivity contribution in [1.82, 2.24) is 4.90 Å². The zero-order chi connectivity index (χ0) is 11.4. The zero-order valence-electron chi connectivity index (χ0n) is 9.86. The number of rotatable bonds is 3. The van der Waals surface area contributed by atoms with Crippen LogP contribution >= 0.6 is 0 Å². The average Bonchev–Trinajstić information content (AvgIpc) is 2.31. The minimum atomic E-state index is 0.554. The summed E-state index contributed by atoms with van der Waals surface area (Å²) in [6, 6.07) is 8.21. The van der Waals surface area contributed by atoms with E-state index in [1.165, 1.54) is 5.56 Å². The lowest BCUT2D eigenvalue weighted by molar-refractivity contribution is 0.0357. The highest BCUT2D eigenvalue weighted by molar-refractivity contribution is 5.40. The van der Waals surface area contributed by atoms with E-state index >= 15 is 0 Å². The quantitative estimate of drug-likeness (QED) is 0.788. The van der Waals surface area contributed by atoms with Crippen molar-refractivity contribution < 1.29 is 4.74 Å². The molecule has 0 bridgehead atoms. The van der Waals surface area contributed by atoms with E-state index in [1.54, 1.807) is 0 Å². The predicted octanol–water partition coefficient (Wildman–Crippen LogP) is 1.70. The number of hydrogen-bond donors (Lipinski definition) is 1. The second-order valence-electron chi connectivity index (χ2n) is 4.48. The summed E-state index contributed by atoms with van der Waals surface area (Å²) in [4.78, 5) is 2.46. The van der Waals surface area contributed by atoms with E-state index in [0.717, 1.165) is 38.5 Å². The van der Waals surface area contributed by atoms with Gasteiger partial charge in [0.05, 0.1) is 13.2 Å². The fraction of sp³-hybridized carbons (Fsp3) is 0.538. The molecule has 0 aromatic heterocycles. The van der Waals surface area contributed by atoms with E-state index in [0.29, 0.717) is 5.92 Å². The first-order chi connectivity index (χ1) is 7.75. The molecule has 0 radical (unpaired) electrons. The van der Waals surface area contributed by atoms with E-state index in [9.17, 15) is 0 Å². The van der Waals surface area contributed by atoms with Crippen molar-refractivity contribution in [3.05, 3.63) is 29.8 Å². The molecule has 0 saturated carbocycles. The summed E-state index contributed by atoms with van der Waals surface area (Å²) in [6.07, 6.45) is 0. The van der Waals surface area contributed by atoms with E-state index in [1.807, 2.05) is 12.1 Å². The van der Waals surface area contributed by atoms with Gasteiger partial charge in [-0.1, -0.05) is 19.1 Å². The van der Waals surface area contributed by atoms with Crippen molar-refractivity contribution >= 4 is 5.69 Å². The monoisotopic (exact) mass is 220 g/mol. The SMILES string of the molecule is CC(CN1CCOCC1)c1ccc(N)cc1. The van der Waals surface area contributed by atoms with Crippen LogP contribution in [0.5, 0.6) is 0 Å². The molecule has 0 amide bonds. The van der Waals surface area contributed by atoms with Gasteiger partial charge >= 0.3 is 0 Å². The Hall–Kier alpha value is -1.06. The highest BCUT2D eigenvalue weighted by atomic mass is 16.5. The van der Waals surface area contributed by atoms with Crippen molar-refractivity contribution in [3.8, 4) is 0 Å². The zero-order valence-corrected chi connectivity index (χ0v) is 9.86. The average molecular weight is 220 g/mol. The van der Waals surface area contributed by atoms with Gasteiger partial charge in [-0.15, -0.1) is 0 Å². The van der Waals surface area contributed by atoms with Crippen molar-refractivity contribution in [2.75, 3.05) is 38.6 Å². The molecule has 1 aliphatic rings. The number of nitrogen functional groups attached to an aromatic ring is 1. The van der Waals surface area contributed by atoms with Gasteiger partial charge in [-0.05, 0) is 23.6 Å². The lowest BCUT2D eigenvalue weighted by Crippen LogP contribution is -2.38. The largest absolute Gasteiger partial charge is 0.399 e. The molecule has 1 aromatic rings. The number of anilines is 1. The molecule has 2 N–H and O–H groups in total. The Morgan fingerprint density at radius 2 is 1.88 bits per heavy atom. The van der Waals surface area contributed by atoms with E-state index in [-0.39, 0.29) is 0 Å². The van der Waals surface area contributed by atoms with Crippen LogP contribution in [0.2, 0.25) is 0 Å². The number of benzene rings is 1. The van der Waals surface area contributed by atoms with Crippen molar-refractivity contribution in [2.24, 2.45) is 0 Å². The fourth-order valence-electron chi connectivity index (χ4n) is 2.10. The third kappa shape index (κ3) is 2.97. The number of morpholine rings is 1. The molecule has 88 valence electrons. The van der Waals surface area contributed by atoms with E-state index in [4.69, 9.17) is 10.5 Å². The van der Waals surface area contributed by atoms with Gasteiger partial charge < -0.3 is 10.5 Å². The van der Waals surface area contributed by atoms with Gasteiger partial charge in [0.15, 0.2) is 0 Å². The Kier molecular flexibility index (Phi) is 3.80. The molecule has 2 rings (SSSR count). The predicted molar refractivity (Wildman–Crippen MR) is 66.5 cm³/mol. The van der Waals surface area contributed by atoms with Gasteiger partial charge in [0.1, 0.15) is 0 Å². The smallest absolute Gasteiger partial charge is 0.0594 e. The van der Waals surface area contributed by atoms with Gasteiger partial charge in [-0.25, -0.2) is 0 Å². The lowest BCUT2D eigenvalue weighted by atomic mass is 10.0. The standard InChI is InChI=1S/C13H20N2O/c1-11(10-15-6-8-16-9-7-15)12-2-4-13(14)5-3-12/h2-5,11H,6-10,14H2,1H3. The summed E-state index contributed by atoms with van der Waals surface area (Å²) >= 11 is 0. The maximum absolute atomic E-state index is 5.68. The van der Waals surface area contributed by atoms with Crippen molar-refractivity contribution in [1.29, 1.82) is 0 Å². The number of nitrogens with two attached hydrogens (primary N) is 1. The molecule has 16 heavy (non-hydrogen) atoms. The van der Waals surface area contributed by atoms with Gasteiger partial charge in [-0.2, -0.15) is 0 Å². The third-order valence-electron chi connectivity index (χ3n) is 3.14. The van der Waals surface area contributed by atoms with Crippen LogP contribution in [0.25, 0.3) is 0 Å². The molecular formula is C13H20N2O. The summed E-state index contributed by atoms with van der Waals surface area (Å²) in [6.45, 7) is 7.22. The summed E-state index contributed by atoms with van der Waals surface area (Å²) < 4.78 is 5.34. The summed E-state index contributed by atoms with van der Waals surface area (Å²) in [5, 5.41) is 0. The first-order valence-electron chi connectivity index (χ1n) is 5.91. The Morgan fingerprint density at radius 3 is 2.50 bits per heavy atom. The van der Waals surface area contributed by atoms with Gasteiger partial charge in [0.25, 0.3) is 0 Å². The van der Waals surface area contributed by atoms with Crippen LogP contribution in [-0.4, -0.2) is 37.7 Å². The minimum absolute atomic E-state index is 0.554. The molecule has 1 saturated heterocycles. The molecule has 0 spiro atoms. The third-order valence-corrected chi connectivity index (χ3v) is 3.14. The number of ether oxygens (including phenoxy) is 1. The van der Waals surface area contributed by atoms with Gasteiger partial charge in [0, 0.05) is 25.3 Å². The summed E-state index contributed by atoms with van der Waals surface area (Å²) in [5.41, 5.74) is 7.88. The highest BCUT2D eigenvalue weighted by Crippen LogP contribution is 2.18. The first kappa shape index (κ1) is 11.4. The first-order valence-corrected chi connectivity index (χ1v) is 5.91. The molecule has 1 aliphatic heterocycles. The summed E-state index contributed by atoms with van der Waals surface area (Å²) in [5.74, 6) is 0.554. The van der Waals surface area contributed by atoms with Crippen molar-refractivity contribution in [3.63, 3.8) is 0 Å². The molecule has 1 fully saturated rings. The number of nitrogens with zero attached hydrogens (tertiary/aromatic N) is 1. The molecule has 1 atom stereocenters. The Morgan fingerprint density at radius 1 is 1.25 bits per heavy atom.